The number of piperidine rings is 1. The molecule has 1 saturated carbocycles. The number of methoxy groups -OCH3 is 2. The van der Waals surface area contributed by atoms with Gasteiger partial charge in [0.15, 0.2) is 17.6 Å². The van der Waals surface area contributed by atoms with Gasteiger partial charge in [0.1, 0.15) is 5.76 Å². The monoisotopic (exact) mass is 339 g/mol. The number of hydrogen-bond acceptors (Lipinski definition) is 4. The fraction of sp³-hybridized carbons (Fsp3) is 0.619. The Balaban J connectivity index is 1.68. The van der Waals surface area contributed by atoms with Gasteiger partial charge in [-0.05, 0) is 68.3 Å². The Labute approximate surface area is 148 Å². The second-order valence-corrected chi connectivity index (χ2v) is 8.45. The first-order valence-electron chi connectivity index (χ1n) is 9.53. The maximum Gasteiger partial charge on any atom is 0.166 e. The first-order chi connectivity index (χ1) is 12.2. The second-order valence-electron chi connectivity index (χ2n) is 8.45. The van der Waals surface area contributed by atoms with Crippen molar-refractivity contribution in [3.05, 3.63) is 35.1 Å². The van der Waals surface area contributed by atoms with E-state index >= 15 is 0 Å². The molecule has 1 aromatic rings. The molecule has 2 heterocycles. The van der Waals surface area contributed by atoms with Crippen molar-refractivity contribution >= 4 is 0 Å². The van der Waals surface area contributed by atoms with Gasteiger partial charge in [-0.2, -0.15) is 0 Å². The van der Waals surface area contributed by atoms with E-state index in [1.807, 2.05) is 0 Å². The maximum absolute atomic E-state index is 6.66. The van der Waals surface area contributed by atoms with Gasteiger partial charge in [0.05, 0.1) is 19.6 Å². The maximum atomic E-state index is 6.66. The third-order valence-corrected chi connectivity index (χ3v) is 7.95. The van der Waals surface area contributed by atoms with Gasteiger partial charge >= 0.3 is 0 Å². The van der Waals surface area contributed by atoms with Crippen molar-refractivity contribution in [1.29, 1.82) is 0 Å². The van der Waals surface area contributed by atoms with Crippen LogP contribution in [0, 0.1) is 17.8 Å². The number of benzene rings is 1. The average molecular weight is 339 g/mol. The Bertz CT molecular complexity index is 803. The van der Waals surface area contributed by atoms with E-state index in [2.05, 4.69) is 30.2 Å². The molecule has 0 radical (unpaired) electrons. The van der Waals surface area contributed by atoms with Gasteiger partial charge in [0.2, 0.25) is 0 Å². The van der Waals surface area contributed by atoms with E-state index in [0.29, 0.717) is 17.9 Å². The van der Waals surface area contributed by atoms with Crippen molar-refractivity contribution in [2.24, 2.45) is 17.8 Å². The molecule has 132 valence electrons. The molecule has 3 aliphatic carbocycles. The minimum absolute atomic E-state index is 0.0191. The Morgan fingerprint density at radius 1 is 1.20 bits per heavy atom. The number of ether oxygens (including phenoxy) is 3. The van der Waals surface area contributed by atoms with Crippen LogP contribution in [0.5, 0.6) is 11.5 Å². The summed E-state index contributed by atoms with van der Waals surface area (Å²) in [7, 11) is 5.86. The molecule has 1 aromatic carbocycles. The third-order valence-electron chi connectivity index (χ3n) is 7.95. The number of likely N-dealkylation sites (tertiary alicyclic amines) is 1. The van der Waals surface area contributed by atoms with Gasteiger partial charge in [-0.25, -0.2) is 0 Å². The second kappa shape index (κ2) is 4.53. The molecule has 0 amide bonds. The highest BCUT2D eigenvalue weighted by Crippen LogP contribution is 2.71. The Hall–Kier alpha value is -1.68. The van der Waals surface area contributed by atoms with Crippen molar-refractivity contribution in [2.45, 2.75) is 36.8 Å². The fourth-order valence-corrected chi connectivity index (χ4v) is 7.35. The zero-order valence-corrected chi connectivity index (χ0v) is 15.1. The Morgan fingerprint density at radius 2 is 2.08 bits per heavy atom. The molecule has 5 aliphatic rings. The predicted octanol–water partition coefficient (Wildman–Crippen LogP) is 2.75. The molecule has 1 spiro atoms. The lowest BCUT2D eigenvalue weighted by Crippen LogP contribution is -2.51. The van der Waals surface area contributed by atoms with Crippen LogP contribution in [0.3, 0.4) is 0 Å². The molecule has 4 bridgehead atoms. The molecule has 4 nitrogen and oxygen atoms in total. The SMILES string of the molecule is COC1=CC[C@H]2[C@H]3C4Cc5ccc(OC)c6c5[C@]2([C@H]1O6)[C@H]4CCN3C. The lowest BCUT2D eigenvalue weighted by Gasteiger charge is -2.46. The van der Waals surface area contributed by atoms with Gasteiger partial charge < -0.3 is 19.1 Å². The summed E-state index contributed by atoms with van der Waals surface area (Å²) in [6.07, 6.45) is 5.86. The minimum Gasteiger partial charge on any atom is -0.497 e. The molecule has 6 atom stereocenters. The highest BCUT2D eigenvalue weighted by Gasteiger charge is 2.73. The van der Waals surface area contributed by atoms with Crippen molar-refractivity contribution in [1.82, 2.24) is 4.90 Å². The summed E-state index contributed by atoms with van der Waals surface area (Å²) in [5, 5.41) is 0. The van der Waals surface area contributed by atoms with Crippen LogP contribution in [0.1, 0.15) is 24.0 Å². The van der Waals surface area contributed by atoms with E-state index in [0.717, 1.165) is 29.6 Å². The van der Waals surface area contributed by atoms with E-state index in [4.69, 9.17) is 14.2 Å². The van der Waals surface area contributed by atoms with Crippen LogP contribution in [0.15, 0.2) is 24.0 Å². The average Bonchev–Trinajstić information content (AvgIpc) is 3.03. The first kappa shape index (κ1) is 14.5. The van der Waals surface area contributed by atoms with Crippen molar-refractivity contribution in [3.63, 3.8) is 0 Å². The summed E-state index contributed by atoms with van der Waals surface area (Å²) in [5.41, 5.74) is 3.03. The number of allylic oxidation sites excluding steroid dienone is 1. The zero-order valence-electron chi connectivity index (χ0n) is 15.1. The highest BCUT2D eigenvalue weighted by atomic mass is 16.6. The van der Waals surface area contributed by atoms with Gasteiger partial charge in [-0.1, -0.05) is 6.07 Å². The van der Waals surface area contributed by atoms with E-state index in [1.165, 1.54) is 30.5 Å². The highest BCUT2D eigenvalue weighted by molar-refractivity contribution is 5.63. The normalized spacial score (nSPS) is 42.5. The minimum atomic E-state index is 0.0191. The number of hydrogen-bond donors (Lipinski definition) is 0. The molecule has 2 aliphatic heterocycles. The molecule has 4 heteroatoms. The lowest BCUT2D eigenvalue weighted by atomic mass is 9.56. The van der Waals surface area contributed by atoms with Gasteiger partial charge in [-0.3, -0.25) is 0 Å². The molecule has 1 saturated heterocycles. The lowest BCUT2D eigenvalue weighted by molar-refractivity contribution is 0.0427. The van der Waals surface area contributed by atoms with Crippen LogP contribution in [0.25, 0.3) is 0 Å². The summed E-state index contributed by atoms with van der Waals surface area (Å²) < 4.78 is 18.2. The molecule has 0 aromatic heterocycles. The van der Waals surface area contributed by atoms with E-state index in [9.17, 15) is 0 Å². The Morgan fingerprint density at radius 3 is 2.88 bits per heavy atom. The molecule has 6 rings (SSSR count). The van der Waals surface area contributed by atoms with Crippen molar-refractivity contribution in [2.75, 3.05) is 27.8 Å². The summed E-state index contributed by atoms with van der Waals surface area (Å²) in [6, 6.07) is 5.04. The van der Waals surface area contributed by atoms with E-state index in [-0.39, 0.29) is 11.5 Å². The van der Waals surface area contributed by atoms with Gasteiger partial charge in [0.25, 0.3) is 0 Å². The number of fused-ring (bicyclic) bond motifs is 1. The molecule has 0 N–H and O–H groups in total. The summed E-state index contributed by atoms with van der Waals surface area (Å²) in [4.78, 5) is 2.63. The largest absolute Gasteiger partial charge is 0.497 e. The standard InChI is InChI=1S/C21H25NO3/c1-22-9-8-13-12-10-11-4-6-15(23-2)19-17(11)21(13)14(18(12)22)5-7-16(24-3)20(21)25-19/h4,6-7,12-14,18,20H,5,8-10H2,1-3H3/t12?,13-,14-,18+,20-,21-/m0/s1. The molecular formula is C21H25NO3. The van der Waals surface area contributed by atoms with Gasteiger partial charge in [0, 0.05) is 11.6 Å². The zero-order chi connectivity index (χ0) is 16.9. The molecule has 1 unspecified atom stereocenters. The van der Waals surface area contributed by atoms with Crippen LogP contribution in [0.2, 0.25) is 0 Å². The third kappa shape index (κ3) is 1.39. The topological polar surface area (TPSA) is 30.9 Å². The van der Waals surface area contributed by atoms with E-state index in [1.54, 1.807) is 14.2 Å². The Kier molecular flexibility index (Phi) is 2.63. The summed E-state index contributed by atoms with van der Waals surface area (Å²) in [5.74, 6) is 4.96. The molecule has 25 heavy (non-hydrogen) atoms. The van der Waals surface area contributed by atoms with Crippen LogP contribution < -0.4 is 9.47 Å². The number of nitrogens with zero attached hydrogens (tertiary/aromatic N) is 1. The van der Waals surface area contributed by atoms with Crippen molar-refractivity contribution < 1.29 is 14.2 Å². The van der Waals surface area contributed by atoms with Crippen LogP contribution in [0.4, 0.5) is 0 Å². The smallest absolute Gasteiger partial charge is 0.166 e. The van der Waals surface area contributed by atoms with E-state index < -0.39 is 0 Å². The fourth-order valence-electron chi connectivity index (χ4n) is 7.35. The van der Waals surface area contributed by atoms with Crippen molar-refractivity contribution in [3.8, 4) is 11.5 Å². The predicted molar refractivity (Wildman–Crippen MR) is 94.0 cm³/mol. The van der Waals surface area contributed by atoms with Crippen LogP contribution >= 0.6 is 0 Å². The number of rotatable bonds is 2. The molecular weight excluding hydrogens is 314 g/mol. The summed E-state index contributed by atoms with van der Waals surface area (Å²) in [6.45, 7) is 1.20. The summed E-state index contributed by atoms with van der Waals surface area (Å²) >= 11 is 0. The van der Waals surface area contributed by atoms with Gasteiger partial charge in [-0.15, -0.1) is 0 Å². The van der Waals surface area contributed by atoms with Crippen LogP contribution in [-0.2, 0) is 16.6 Å². The quantitative estimate of drug-likeness (QED) is 0.829. The van der Waals surface area contributed by atoms with Crippen LogP contribution in [-0.4, -0.2) is 44.9 Å². The first-order valence-corrected chi connectivity index (χ1v) is 9.53. The molecule has 2 fully saturated rings.